The van der Waals surface area contributed by atoms with Crippen LogP contribution in [0, 0.1) is 6.07 Å². The van der Waals surface area contributed by atoms with Crippen LogP contribution in [0.2, 0.25) is 0 Å². The molecule has 0 spiro atoms. The fourth-order valence-electron chi connectivity index (χ4n) is 1.06. The fourth-order valence-corrected chi connectivity index (χ4v) is 1.06. The van der Waals surface area contributed by atoms with Gasteiger partial charge in [-0.2, -0.15) is 0 Å². The molecule has 11 heavy (non-hydrogen) atoms. The predicted molar refractivity (Wildman–Crippen MR) is 43.4 cm³/mol. The second-order valence-corrected chi connectivity index (χ2v) is 2.31. The van der Waals surface area contributed by atoms with Crippen molar-refractivity contribution in [1.29, 1.82) is 0 Å². The van der Waals surface area contributed by atoms with E-state index in [1.807, 2.05) is 18.2 Å². The summed E-state index contributed by atoms with van der Waals surface area (Å²) >= 11 is 0. The number of pyridine rings is 1. The van der Waals surface area contributed by atoms with E-state index in [4.69, 9.17) is 0 Å². The molecule has 1 aromatic heterocycles. The Morgan fingerprint density at radius 2 is 2.27 bits per heavy atom. The van der Waals surface area contributed by atoms with Crippen LogP contribution in [0.15, 0.2) is 35.3 Å². The van der Waals surface area contributed by atoms with Crippen LogP contribution in [-0.2, 0) is 0 Å². The van der Waals surface area contributed by atoms with E-state index in [0.29, 0.717) is 5.39 Å². The highest BCUT2D eigenvalue weighted by Gasteiger charge is 1.93. The zero-order valence-electron chi connectivity index (χ0n) is 5.79. The maximum absolute atomic E-state index is 11.1. The SMILES string of the molecule is O=c1[nH]ccc2ccc[c]c12. The van der Waals surface area contributed by atoms with E-state index >= 15 is 0 Å². The summed E-state index contributed by atoms with van der Waals surface area (Å²) in [5.41, 5.74) is -0.0805. The van der Waals surface area contributed by atoms with Crippen LogP contribution in [0.25, 0.3) is 10.8 Å². The first-order chi connectivity index (χ1) is 5.38. The summed E-state index contributed by atoms with van der Waals surface area (Å²) in [6.07, 6.45) is 1.64. The van der Waals surface area contributed by atoms with Gasteiger partial charge < -0.3 is 4.98 Å². The zero-order valence-corrected chi connectivity index (χ0v) is 5.79. The molecule has 0 amide bonds. The number of H-pyrrole nitrogens is 1. The van der Waals surface area contributed by atoms with Gasteiger partial charge in [-0.05, 0) is 17.5 Å². The highest BCUT2D eigenvalue weighted by atomic mass is 16.1. The summed E-state index contributed by atoms with van der Waals surface area (Å²) in [6, 6.07) is 10.2. The van der Waals surface area contributed by atoms with Gasteiger partial charge in [0.15, 0.2) is 0 Å². The Morgan fingerprint density at radius 1 is 1.36 bits per heavy atom. The molecule has 0 aliphatic rings. The molecule has 2 nitrogen and oxygen atoms in total. The minimum absolute atomic E-state index is 0.0805. The van der Waals surface area contributed by atoms with Gasteiger partial charge in [-0.15, -0.1) is 0 Å². The van der Waals surface area contributed by atoms with Crippen molar-refractivity contribution >= 4 is 10.8 Å². The van der Waals surface area contributed by atoms with Crippen molar-refractivity contribution in [3.63, 3.8) is 0 Å². The van der Waals surface area contributed by atoms with Crippen molar-refractivity contribution in [2.24, 2.45) is 0 Å². The van der Waals surface area contributed by atoms with Crippen molar-refractivity contribution in [2.45, 2.75) is 0 Å². The maximum atomic E-state index is 11.1. The second-order valence-electron chi connectivity index (χ2n) is 2.31. The number of rotatable bonds is 0. The van der Waals surface area contributed by atoms with Crippen LogP contribution in [0.1, 0.15) is 0 Å². The van der Waals surface area contributed by atoms with E-state index in [-0.39, 0.29) is 5.56 Å². The van der Waals surface area contributed by atoms with Crippen LogP contribution >= 0.6 is 0 Å². The van der Waals surface area contributed by atoms with Gasteiger partial charge in [0.2, 0.25) is 0 Å². The number of hydrogen-bond donors (Lipinski definition) is 1. The molecule has 0 aliphatic carbocycles. The molecular formula is C9H6NO. The van der Waals surface area contributed by atoms with E-state index in [9.17, 15) is 4.79 Å². The lowest BCUT2D eigenvalue weighted by Gasteiger charge is -1.91. The topological polar surface area (TPSA) is 32.9 Å². The van der Waals surface area contributed by atoms with Crippen molar-refractivity contribution in [2.75, 3.05) is 0 Å². The Kier molecular flexibility index (Phi) is 1.25. The number of hydrogen-bond acceptors (Lipinski definition) is 1. The number of fused-ring (bicyclic) bond motifs is 1. The number of aromatic amines is 1. The molecule has 2 aromatic rings. The lowest BCUT2D eigenvalue weighted by atomic mass is 10.2. The first-order valence-corrected chi connectivity index (χ1v) is 3.36. The molecule has 2 rings (SSSR count). The average Bonchev–Trinajstić information content (AvgIpc) is 2.06. The molecule has 0 unspecified atom stereocenters. The largest absolute Gasteiger partial charge is 0.329 e. The molecule has 0 saturated carbocycles. The summed E-state index contributed by atoms with van der Waals surface area (Å²) in [5, 5.41) is 1.55. The van der Waals surface area contributed by atoms with Crippen LogP contribution < -0.4 is 5.56 Å². The lowest BCUT2D eigenvalue weighted by molar-refractivity contribution is 1.28. The van der Waals surface area contributed by atoms with Gasteiger partial charge in [-0.25, -0.2) is 0 Å². The fraction of sp³-hybridized carbons (Fsp3) is 0. The Hall–Kier alpha value is -1.57. The summed E-state index contributed by atoms with van der Waals surface area (Å²) in [7, 11) is 0. The first kappa shape index (κ1) is 6.16. The summed E-state index contributed by atoms with van der Waals surface area (Å²) in [5.74, 6) is 0. The molecule has 1 radical (unpaired) electrons. The van der Waals surface area contributed by atoms with Crippen LogP contribution in [0.3, 0.4) is 0 Å². The first-order valence-electron chi connectivity index (χ1n) is 3.36. The van der Waals surface area contributed by atoms with Gasteiger partial charge in [-0.1, -0.05) is 18.2 Å². The number of nitrogens with one attached hydrogen (secondary N) is 1. The zero-order chi connectivity index (χ0) is 7.68. The van der Waals surface area contributed by atoms with E-state index in [0.717, 1.165) is 5.39 Å². The molecule has 2 heteroatoms. The molecular weight excluding hydrogens is 138 g/mol. The minimum Gasteiger partial charge on any atom is -0.329 e. The standard InChI is InChI=1S/C9H6NO/c11-9-8-4-2-1-3-7(8)5-6-10-9/h1-3,5-6H,(H,10,11). The smallest absolute Gasteiger partial charge is 0.256 e. The second kappa shape index (κ2) is 2.23. The van der Waals surface area contributed by atoms with Gasteiger partial charge in [-0.3, -0.25) is 4.79 Å². The highest BCUT2D eigenvalue weighted by molar-refractivity contribution is 5.80. The van der Waals surface area contributed by atoms with Crippen molar-refractivity contribution in [1.82, 2.24) is 4.98 Å². The number of aromatic nitrogens is 1. The Bertz CT molecular complexity index is 425. The van der Waals surface area contributed by atoms with Gasteiger partial charge in [0.25, 0.3) is 5.56 Å². The van der Waals surface area contributed by atoms with Gasteiger partial charge >= 0.3 is 0 Å². The predicted octanol–water partition coefficient (Wildman–Crippen LogP) is 1.33. The summed E-state index contributed by atoms with van der Waals surface area (Å²) in [4.78, 5) is 13.7. The van der Waals surface area contributed by atoms with Gasteiger partial charge in [0, 0.05) is 6.20 Å². The van der Waals surface area contributed by atoms with E-state index in [1.165, 1.54) is 0 Å². The lowest BCUT2D eigenvalue weighted by Crippen LogP contribution is -2.03. The van der Waals surface area contributed by atoms with E-state index < -0.39 is 0 Å². The number of benzene rings is 1. The summed E-state index contributed by atoms with van der Waals surface area (Å²) in [6.45, 7) is 0. The monoisotopic (exact) mass is 144 g/mol. The van der Waals surface area contributed by atoms with E-state index in [1.54, 1.807) is 12.3 Å². The molecule has 0 atom stereocenters. The van der Waals surface area contributed by atoms with Gasteiger partial charge in [0.1, 0.15) is 0 Å². The summed E-state index contributed by atoms with van der Waals surface area (Å²) < 4.78 is 0. The third-order valence-corrected chi connectivity index (χ3v) is 1.59. The molecule has 1 N–H and O–H groups in total. The van der Waals surface area contributed by atoms with Crippen molar-refractivity contribution in [3.05, 3.63) is 46.9 Å². The van der Waals surface area contributed by atoms with Crippen LogP contribution in [-0.4, -0.2) is 4.98 Å². The normalized spacial score (nSPS) is 10.2. The molecule has 0 aliphatic heterocycles. The Morgan fingerprint density at radius 3 is 3.09 bits per heavy atom. The van der Waals surface area contributed by atoms with Crippen molar-refractivity contribution in [3.8, 4) is 0 Å². The molecule has 1 heterocycles. The Balaban J connectivity index is 3.03. The third kappa shape index (κ3) is 0.923. The highest BCUT2D eigenvalue weighted by Crippen LogP contribution is 2.05. The average molecular weight is 144 g/mol. The molecule has 53 valence electrons. The molecule has 0 saturated heterocycles. The Labute approximate surface area is 63.5 Å². The molecule has 0 bridgehead atoms. The quantitative estimate of drug-likeness (QED) is 0.594. The molecule has 1 aromatic carbocycles. The molecule has 0 fully saturated rings. The van der Waals surface area contributed by atoms with Crippen LogP contribution in [0.4, 0.5) is 0 Å². The maximum Gasteiger partial charge on any atom is 0.256 e. The minimum atomic E-state index is -0.0805. The van der Waals surface area contributed by atoms with Gasteiger partial charge in [0.05, 0.1) is 5.39 Å². The van der Waals surface area contributed by atoms with Crippen molar-refractivity contribution < 1.29 is 0 Å². The van der Waals surface area contributed by atoms with Crippen LogP contribution in [0.5, 0.6) is 0 Å². The van der Waals surface area contributed by atoms with E-state index in [2.05, 4.69) is 11.1 Å². The third-order valence-electron chi connectivity index (χ3n) is 1.59.